The Hall–Kier alpha value is -0.510. The van der Waals surface area contributed by atoms with Crippen molar-refractivity contribution in [2.75, 3.05) is 23.9 Å². The van der Waals surface area contributed by atoms with Gasteiger partial charge in [-0.1, -0.05) is 11.6 Å². The molecule has 0 aromatic carbocycles. The van der Waals surface area contributed by atoms with Gasteiger partial charge in [-0.05, 0) is 13.0 Å². The molecule has 1 aliphatic heterocycles. The van der Waals surface area contributed by atoms with Gasteiger partial charge in [0.15, 0.2) is 0 Å². The number of nitrogens with zero attached hydrogens (tertiary/aromatic N) is 2. The van der Waals surface area contributed by atoms with Crippen LogP contribution >= 0.6 is 23.2 Å². The lowest BCUT2D eigenvalue weighted by atomic mass is 10.2. The summed E-state index contributed by atoms with van der Waals surface area (Å²) in [7, 11) is 0. The van der Waals surface area contributed by atoms with Gasteiger partial charge in [0.2, 0.25) is 0 Å². The van der Waals surface area contributed by atoms with E-state index in [0.29, 0.717) is 23.6 Å². The lowest BCUT2D eigenvalue weighted by Crippen LogP contribution is -2.49. The Morgan fingerprint density at radius 2 is 2.44 bits per heavy atom. The number of anilines is 1. The van der Waals surface area contributed by atoms with Crippen molar-refractivity contribution in [2.24, 2.45) is 0 Å². The second kappa shape index (κ2) is 5.21. The first kappa shape index (κ1) is 12.0. The number of hydrogen-bond acceptors (Lipinski definition) is 3. The standard InChI is InChI=1S/C11H14Cl2N2O/c1-8-7-16-9(4-12)6-15(8)11-2-3-14-5-10(11)13/h2-3,5,8-9H,4,6-7H2,1H3. The zero-order valence-electron chi connectivity index (χ0n) is 9.07. The van der Waals surface area contributed by atoms with E-state index >= 15 is 0 Å². The molecule has 1 aromatic heterocycles. The molecule has 0 radical (unpaired) electrons. The molecule has 0 saturated carbocycles. The Morgan fingerprint density at radius 3 is 3.12 bits per heavy atom. The summed E-state index contributed by atoms with van der Waals surface area (Å²) in [6, 6.07) is 2.23. The second-order valence-corrected chi connectivity index (χ2v) is 4.65. The van der Waals surface area contributed by atoms with Crippen molar-refractivity contribution >= 4 is 28.9 Å². The van der Waals surface area contributed by atoms with Crippen LogP contribution in [0.5, 0.6) is 0 Å². The first-order chi connectivity index (χ1) is 7.72. The molecule has 2 atom stereocenters. The van der Waals surface area contributed by atoms with Gasteiger partial charge in [-0.2, -0.15) is 0 Å². The quantitative estimate of drug-likeness (QED) is 0.765. The number of morpholine rings is 1. The van der Waals surface area contributed by atoms with Crippen molar-refractivity contribution in [1.29, 1.82) is 0 Å². The van der Waals surface area contributed by atoms with Gasteiger partial charge in [-0.15, -0.1) is 11.6 Å². The summed E-state index contributed by atoms with van der Waals surface area (Å²) in [5, 5.41) is 0.671. The molecule has 1 fully saturated rings. The zero-order chi connectivity index (χ0) is 11.5. The smallest absolute Gasteiger partial charge is 0.0886 e. The molecule has 16 heavy (non-hydrogen) atoms. The predicted octanol–water partition coefficient (Wildman–Crippen LogP) is 2.57. The minimum absolute atomic E-state index is 0.0714. The fourth-order valence-electron chi connectivity index (χ4n) is 1.85. The minimum Gasteiger partial charge on any atom is -0.373 e. The maximum absolute atomic E-state index is 6.14. The van der Waals surface area contributed by atoms with Crippen LogP contribution in [0.25, 0.3) is 0 Å². The monoisotopic (exact) mass is 260 g/mol. The number of halogens is 2. The van der Waals surface area contributed by atoms with Gasteiger partial charge in [0.1, 0.15) is 0 Å². The number of pyridine rings is 1. The van der Waals surface area contributed by atoms with E-state index in [1.807, 2.05) is 6.07 Å². The van der Waals surface area contributed by atoms with E-state index in [1.165, 1.54) is 0 Å². The largest absolute Gasteiger partial charge is 0.373 e. The van der Waals surface area contributed by atoms with Crippen LogP contribution < -0.4 is 4.90 Å². The molecule has 1 aromatic rings. The number of aromatic nitrogens is 1. The molecule has 2 unspecified atom stereocenters. The highest BCUT2D eigenvalue weighted by Gasteiger charge is 2.26. The average molecular weight is 261 g/mol. The molecule has 2 heterocycles. The Bertz CT molecular complexity index is 362. The number of rotatable bonds is 2. The number of hydrogen-bond donors (Lipinski definition) is 0. The first-order valence-corrected chi connectivity index (χ1v) is 6.17. The van der Waals surface area contributed by atoms with Crippen LogP contribution in [0.3, 0.4) is 0 Å². The molecular weight excluding hydrogens is 247 g/mol. The van der Waals surface area contributed by atoms with Gasteiger partial charge in [-0.3, -0.25) is 4.98 Å². The van der Waals surface area contributed by atoms with Gasteiger partial charge in [0.05, 0.1) is 29.3 Å². The molecule has 1 saturated heterocycles. The van der Waals surface area contributed by atoms with Gasteiger partial charge in [0, 0.05) is 25.0 Å². The highest BCUT2D eigenvalue weighted by molar-refractivity contribution is 6.33. The molecule has 0 N–H and O–H groups in total. The molecule has 0 spiro atoms. The van der Waals surface area contributed by atoms with Crippen LogP contribution in [0.1, 0.15) is 6.92 Å². The normalized spacial score (nSPS) is 25.8. The molecule has 2 rings (SSSR count). The Balaban J connectivity index is 2.21. The van der Waals surface area contributed by atoms with Crippen LogP contribution in [-0.2, 0) is 4.74 Å². The summed E-state index contributed by atoms with van der Waals surface area (Å²) in [6.45, 7) is 3.56. The fraction of sp³-hybridized carbons (Fsp3) is 0.545. The molecule has 0 aliphatic carbocycles. The Morgan fingerprint density at radius 1 is 1.62 bits per heavy atom. The maximum Gasteiger partial charge on any atom is 0.0886 e. The molecular formula is C11H14Cl2N2O. The fourth-order valence-corrected chi connectivity index (χ4v) is 2.26. The summed E-state index contributed by atoms with van der Waals surface area (Å²) in [5.41, 5.74) is 1.00. The number of ether oxygens (including phenoxy) is 1. The molecule has 88 valence electrons. The van der Waals surface area contributed by atoms with E-state index in [2.05, 4.69) is 16.8 Å². The third kappa shape index (κ3) is 2.42. The Kier molecular flexibility index (Phi) is 3.90. The van der Waals surface area contributed by atoms with Crippen LogP contribution in [0.2, 0.25) is 5.02 Å². The van der Waals surface area contributed by atoms with Gasteiger partial charge in [-0.25, -0.2) is 0 Å². The summed E-state index contributed by atoms with van der Waals surface area (Å²) in [6.07, 6.45) is 3.48. The lowest BCUT2D eigenvalue weighted by Gasteiger charge is -2.39. The lowest BCUT2D eigenvalue weighted by molar-refractivity contribution is 0.0365. The highest BCUT2D eigenvalue weighted by atomic mass is 35.5. The summed E-state index contributed by atoms with van der Waals surface area (Å²) >= 11 is 12.0. The third-order valence-corrected chi connectivity index (χ3v) is 3.37. The second-order valence-electron chi connectivity index (χ2n) is 3.94. The number of alkyl halides is 1. The van der Waals surface area contributed by atoms with Crippen LogP contribution in [-0.4, -0.2) is 36.2 Å². The van der Waals surface area contributed by atoms with E-state index in [9.17, 15) is 0 Å². The summed E-state index contributed by atoms with van der Waals surface area (Å²) in [5.74, 6) is 0.506. The van der Waals surface area contributed by atoms with Crippen molar-refractivity contribution in [3.8, 4) is 0 Å². The molecule has 5 heteroatoms. The summed E-state index contributed by atoms with van der Waals surface area (Å²) < 4.78 is 5.60. The maximum atomic E-state index is 6.14. The van der Waals surface area contributed by atoms with Crippen molar-refractivity contribution in [1.82, 2.24) is 4.98 Å². The highest BCUT2D eigenvalue weighted by Crippen LogP contribution is 2.28. The topological polar surface area (TPSA) is 25.4 Å². The molecule has 3 nitrogen and oxygen atoms in total. The molecule has 1 aliphatic rings. The first-order valence-electron chi connectivity index (χ1n) is 5.26. The SMILES string of the molecule is CC1COC(CCl)CN1c1ccncc1Cl. The van der Waals surface area contributed by atoms with Crippen molar-refractivity contribution < 1.29 is 4.74 Å². The predicted molar refractivity (Wildman–Crippen MR) is 66.5 cm³/mol. The average Bonchev–Trinajstić information content (AvgIpc) is 2.31. The van der Waals surface area contributed by atoms with E-state index in [4.69, 9.17) is 27.9 Å². The van der Waals surface area contributed by atoms with Crippen LogP contribution in [0.4, 0.5) is 5.69 Å². The van der Waals surface area contributed by atoms with Crippen LogP contribution in [0.15, 0.2) is 18.5 Å². The van der Waals surface area contributed by atoms with E-state index in [-0.39, 0.29) is 6.10 Å². The third-order valence-electron chi connectivity index (χ3n) is 2.74. The Labute approximate surface area is 105 Å². The van der Waals surface area contributed by atoms with Crippen molar-refractivity contribution in [3.05, 3.63) is 23.5 Å². The van der Waals surface area contributed by atoms with E-state index < -0.39 is 0 Å². The van der Waals surface area contributed by atoms with Gasteiger partial charge < -0.3 is 9.64 Å². The van der Waals surface area contributed by atoms with Gasteiger partial charge in [0.25, 0.3) is 0 Å². The van der Waals surface area contributed by atoms with Crippen molar-refractivity contribution in [3.63, 3.8) is 0 Å². The van der Waals surface area contributed by atoms with Gasteiger partial charge >= 0.3 is 0 Å². The molecule has 0 amide bonds. The zero-order valence-corrected chi connectivity index (χ0v) is 10.6. The summed E-state index contributed by atoms with van der Waals surface area (Å²) in [4.78, 5) is 6.21. The van der Waals surface area contributed by atoms with Crippen molar-refractivity contribution in [2.45, 2.75) is 19.1 Å². The van der Waals surface area contributed by atoms with E-state index in [1.54, 1.807) is 12.4 Å². The van der Waals surface area contributed by atoms with Crippen LogP contribution in [0, 0.1) is 0 Å². The van der Waals surface area contributed by atoms with E-state index in [0.717, 1.165) is 12.2 Å². The minimum atomic E-state index is 0.0714. The molecule has 0 bridgehead atoms.